The summed E-state index contributed by atoms with van der Waals surface area (Å²) < 4.78 is 0. The lowest BCUT2D eigenvalue weighted by Gasteiger charge is -2.13. The number of thiazole rings is 1. The van der Waals surface area contributed by atoms with Crippen molar-refractivity contribution in [1.29, 1.82) is 0 Å². The number of nitrogens with zero attached hydrogens (tertiary/aromatic N) is 2. The highest BCUT2D eigenvalue weighted by molar-refractivity contribution is 7.07. The van der Waals surface area contributed by atoms with Crippen molar-refractivity contribution in [2.24, 2.45) is 0 Å². The molecule has 0 unspecified atom stereocenters. The smallest absolute Gasteiger partial charge is 0.0798 e. The van der Waals surface area contributed by atoms with Gasteiger partial charge in [-0.05, 0) is 19.5 Å². The molecule has 0 fully saturated rings. The zero-order valence-corrected chi connectivity index (χ0v) is 8.14. The molecule has 3 heteroatoms. The molecule has 1 aliphatic heterocycles. The second kappa shape index (κ2) is 2.99. The van der Waals surface area contributed by atoms with Crippen molar-refractivity contribution in [2.45, 2.75) is 13.0 Å². The summed E-state index contributed by atoms with van der Waals surface area (Å²) in [6, 6.07) is 0.557. The minimum Gasteiger partial charge on any atom is -0.296 e. The third-order valence-corrected chi connectivity index (χ3v) is 2.91. The predicted molar refractivity (Wildman–Crippen MR) is 52.2 cm³/mol. The fraction of sp³-hybridized carbons (Fsp3) is 0.444. The number of likely N-dealkylation sites (N-methyl/N-ethyl adjacent to an activating group) is 1. The lowest BCUT2D eigenvalue weighted by atomic mass is 10.2. The maximum absolute atomic E-state index is 4.29. The van der Waals surface area contributed by atoms with Crippen LogP contribution in [-0.2, 0) is 0 Å². The molecule has 0 saturated heterocycles. The Kier molecular flexibility index (Phi) is 1.98. The fourth-order valence-corrected chi connectivity index (χ4v) is 2.00. The van der Waals surface area contributed by atoms with Gasteiger partial charge in [-0.25, -0.2) is 4.98 Å². The van der Waals surface area contributed by atoms with Gasteiger partial charge in [0.05, 0.1) is 11.2 Å². The summed E-state index contributed by atoms with van der Waals surface area (Å²) in [5.74, 6) is 0. The minimum atomic E-state index is 0.557. The molecular formula is C9H12N2S. The summed E-state index contributed by atoms with van der Waals surface area (Å²) in [6.45, 7) is 3.24. The van der Waals surface area contributed by atoms with Gasteiger partial charge in [-0.1, -0.05) is 6.08 Å². The van der Waals surface area contributed by atoms with Crippen LogP contribution in [0.4, 0.5) is 0 Å². The Morgan fingerprint density at radius 3 is 3.00 bits per heavy atom. The van der Waals surface area contributed by atoms with Gasteiger partial charge in [-0.2, -0.15) is 0 Å². The van der Waals surface area contributed by atoms with Gasteiger partial charge < -0.3 is 0 Å². The number of rotatable bonds is 1. The molecule has 1 aromatic rings. The highest BCUT2D eigenvalue weighted by atomic mass is 32.1. The van der Waals surface area contributed by atoms with Crippen LogP contribution in [0, 0.1) is 0 Å². The third kappa shape index (κ3) is 1.30. The first-order valence-electron chi connectivity index (χ1n) is 4.07. The van der Waals surface area contributed by atoms with E-state index in [-0.39, 0.29) is 0 Å². The van der Waals surface area contributed by atoms with Gasteiger partial charge in [0.25, 0.3) is 0 Å². The van der Waals surface area contributed by atoms with Crippen LogP contribution in [0.3, 0.4) is 0 Å². The van der Waals surface area contributed by atoms with Gasteiger partial charge in [0.15, 0.2) is 0 Å². The average molecular weight is 180 g/mol. The zero-order chi connectivity index (χ0) is 8.55. The average Bonchev–Trinajstić information content (AvgIpc) is 2.61. The van der Waals surface area contributed by atoms with E-state index in [2.05, 4.69) is 35.3 Å². The summed E-state index contributed by atoms with van der Waals surface area (Å²) in [6.07, 6.45) is 2.29. The van der Waals surface area contributed by atoms with E-state index in [1.807, 2.05) is 5.51 Å². The monoisotopic (exact) mass is 180 g/mol. The van der Waals surface area contributed by atoms with Crippen molar-refractivity contribution in [3.05, 3.63) is 22.7 Å². The number of aromatic nitrogens is 1. The van der Waals surface area contributed by atoms with E-state index in [4.69, 9.17) is 0 Å². The Morgan fingerprint density at radius 2 is 2.50 bits per heavy atom. The third-order valence-electron chi connectivity index (χ3n) is 2.32. The normalized spacial score (nSPS) is 24.5. The largest absolute Gasteiger partial charge is 0.296 e. The quantitative estimate of drug-likeness (QED) is 0.656. The summed E-state index contributed by atoms with van der Waals surface area (Å²) in [5.41, 5.74) is 4.40. The van der Waals surface area contributed by atoms with E-state index in [0.717, 1.165) is 12.2 Å². The van der Waals surface area contributed by atoms with Crippen LogP contribution >= 0.6 is 11.3 Å². The van der Waals surface area contributed by atoms with Crippen LogP contribution in [0.2, 0.25) is 0 Å². The summed E-state index contributed by atoms with van der Waals surface area (Å²) in [5, 5.41) is 2.11. The standard InChI is InChI=1S/C9H12N2S/c1-7-3-8(4-11(7)2)9-5-12-6-10-9/h3,5-7H,4H2,1-2H3/t7-/m0/s1. The molecule has 1 aliphatic rings. The molecule has 64 valence electrons. The molecule has 2 heterocycles. The molecule has 2 nitrogen and oxygen atoms in total. The van der Waals surface area contributed by atoms with E-state index in [1.165, 1.54) is 5.57 Å². The second-order valence-corrected chi connectivity index (χ2v) is 3.94. The first kappa shape index (κ1) is 7.95. The SMILES string of the molecule is C[C@H]1C=C(c2cscn2)CN1C. The topological polar surface area (TPSA) is 16.1 Å². The molecule has 0 radical (unpaired) electrons. The van der Waals surface area contributed by atoms with Crippen LogP contribution in [0.5, 0.6) is 0 Å². The molecule has 0 aromatic carbocycles. The van der Waals surface area contributed by atoms with Crippen LogP contribution in [0.15, 0.2) is 17.0 Å². The fourth-order valence-electron chi connectivity index (χ4n) is 1.42. The Labute approximate surface area is 76.5 Å². The van der Waals surface area contributed by atoms with Crippen LogP contribution < -0.4 is 0 Å². The van der Waals surface area contributed by atoms with Gasteiger partial charge in [0.2, 0.25) is 0 Å². The van der Waals surface area contributed by atoms with Gasteiger partial charge in [0, 0.05) is 18.0 Å². The molecule has 0 N–H and O–H groups in total. The lowest BCUT2D eigenvalue weighted by Crippen LogP contribution is -2.22. The summed E-state index contributed by atoms with van der Waals surface area (Å²) in [7, 11) is 2.14. The molecule has 0 amide bonds. The van der Waals surface area contributed by atoms with Crippen molar-refractivity contribution in [2.75, 3.05) is 13.6 Å². The van der Waals surface area contributed by atoms with E-state index in [0.29, 0.717) is 6.04 Å². The van der Waals surface area contributed by atoms with Crippen LogP contribution in [-0.4, -0.2) is 29.5 Å². The zero-order valence-electron chi connectivity index (χ0n) is 7.32. The lowest BCUT2D eigenvalue weighted by molar-refractivity contribution is 0.354. The summed E-state index contributed by atoms with van der Waals surface area (Å²) >= 11 is 1.66. The molecular weight excluding hydrogens is 168 g/mol. The van der Waals surface area contributed by atoms with Gasteiger partial charge >= 0.3 is 0 Å². The molecule has 0 aliphatic carbocycles. The van der Waals surface area contributed by atoms with E-state index >= 15 is 0 Å². The molecule has 0 spiro atoms. The first-order chi connectivity index (χ1) is 5.77. The molecule has 0 bridgehead atoms. The Morgan fingerprint density at radius 1 is 1.67 bits per heavy atom. The van der Waals surface area contributed by atoms with Crippen LogP contribution in [0.1, 0.15) is 12.6 Å². The second-order valence-electron chi connectivity index (χ2n) is 3.22. The van der Waals surface area contributed by atoms with E-state index < -0.39 is 0 Å². The Bertz CT molecular complexity index is 289. The van der Waals surface area contributed by atoms with Crippen molar-refractivity contribution >= 4 is 16.9 Å². The number of hydrogen-bond donors (Lipinski definition) is 0. The van der Waals surface area contributed by atoms with Gasteiger partial charge in [0.1, 0.15) is 0 Å². The molecule has 12 heavy (non-hydrogen) atoms. The molecule has 1 aromatic heterocycles. The maximum atomic E-state index is 4.29. The summed E-state index contributed by atoms with van der Waals surface area (Å²) in [4.78, 5) is 6.60. The van der Waals surface area contributed by atoms with Crippen molar-refractivity contribution in [1.82, 2.24) is 9.88 Å². The Balaban J connectivity index is 2.23. The maximum Gasteiger partial charge on any atom is 0.0798 e. The van der Waals surface area contributed by atoms with Crippen LogP contribution in [0.25, 0.3) is 5.57 Å². The molecule has 2 rings (SSSR count). The highest BCUT2D eigenvalue weighted by Crippen LogP contribution is 2.22. The Hall–Kier alpha value is -0.670. The van der Waals surface area contributed by atoms with E-state index in [1.54, 1.807) is 11.3 Å². The minimum absolute atomic E-state index is 0.557. The first-order valence-corrected chi connectivity index (χ1v) is 5.01. The predicted octanol–water partition coefficient (Wildman–Crippen LogP) is 1.86. The van der Waals surface area contributed by atoms with Gasteiger partial charge in [-0.15, -0.1) is 11.3 Å². The van der Waals surface area contributed by atoms with E-state index in [9.17, 15) is 0 Å². The molecule has 0 saturated carbocycles. The number of hydrogen-bond acceptors (Lipinski definition) is 3. The van der Waals surface area contributed by atoms with Crippen molar-refractivity contribution in [3.63, 3.8) is 0 Å². The van der Waals surface area contributed by atoms with Gasteiger partial charge in [-0.3, -0.25) is 4.90 Å². The van der Waals surface area contributed by atoms with Crippen molar-refractivity contribution < 1.29 is 0 Å². The molecule has 1 atom stereocenters. The highest BCUT2D eigenvalue weighted by Gasteiger charge is 2.18. The van der Waals surface area contributed by atoms with Crippen molar-refractivity contribution in [3.8, 4) is 0 Å².